The molecule has 0 unspecified atom stereocenters. The number of hydrogen-bond acceptors (Lipinski definition) is 6. The van der Waals surface area contributed by atoms with Crippen LogP contribution in [0.4, 0.5) is 14.5 Å². The van der Waals surface area contributed by atoms with E-state index in [1.807, 2.05) is 0 Å². The average Bonchev–Trinajstić information content (AvgIpc) is 2.78. The summed E-state index contributed by atoms with van der Waals surface area (Å²) in [6, 6.07) is 12.3. The minimum atomic E-state index is -4.41. The van der Waals surface area contributed by atoms with E-state index in [-0.39, 0.29) is 28.1 Å². The van der Waals surface area contributed by atoms with E-state index < -0.39 is 38.1 Å². The fourth-order valence-electron chi connectivity index (χ4n) is 2.97. The molecule has 0 spiro atoms. The molecule has 0 atom stereocenters. The van der Waals surface area contributed by atoms with Crippen LogP contribution in [0.15, 0.2) is 59.5 Å². The van der Waals surface area contributed by atoms with Crippen molar-refractivity contribution in [1.82, 2.24) is 0 Å². The smallest absolute Gasteiger partial charge is 0.337 e. The van der Waals surface area contributed by atoms with Crippen molar-refractivity contribution in [2.24, 2.45) is 0 Å². The van der Waals surface area contributed by atoms with Crippen LogP contribution in [0.1, 0.15) is 15.9 Å². The number of ether oxygens (including phenoxy) is 2. The fourth-order valence-corrected chi connectivity index (χ4v) is 4.24. The Morgan fingerprint density at radius 3 is 2.44 bits per heavy atom. The Kier molecular flexibility index (Phi) is 6.41. The fraction of sp³-hybridized carbons (Fsp3) is 0.0909. The Labute approximate surface area is 182 Å². The molecule has 0 radical (unpaired) electrons. The summed E-state index contributed by atoms with van der Waals surface area (Å²) in [5.41, 5.74) is -0.443. The molecule has 3 aromatic carbocycles. The SMILES string of the molecule is COC(=O)c1ccc(OC)c(S(=O)(=O)Nc2cc(C#N)c(F)cc2-c2cccc(F)c2)c1. The number of sulfonamides is 1. The largest absolute Gasteiger partial charge is 0.495 e. The van der Waals surface area contributed by atoms with Crippen LogP contribution in [0.2, 0.25) is 0 Å². The first-order valence-electron chi connectivity index (χ1n) is 8.99. The molecule has 1 N–H and O–H groups in total. The van der Waals surface area contributed by atoms with E-state index in [1.165, 1.54) is 37.4 Å². The maximum Gasteiger partial charge on any atom is 0.337 e. The van der Waals surface area contributed by atoms with Gasteiger partial charge in [-0.1, -0.05) is 12.1 Å². The number of esters is 1. The molecule has 32 heavy (non-hydrogen) atoms. The van der Waals surface area contributed by atoms with Crippen LogP contribution >= 0.6 is 0 Å². The van der Waals surface area contributed by atoms with Gasteiger partial charge in [-0.2, -0.15) is 5.26 Å². The summed E-state index contributed by atoms with van der Waals surface area (Å²) in [5, 5.41) is 9.17. The molecule has 0 aromatic heterocycles. The molecular weight excluding hydrogens is 442 g/mol. The molecule has 0 fully saturated rings. The summed E-state index contributed by atoms with van der Waals surface area (Å²) >= 11 is 0. The van der Waals surface area contributed by atoms with Gasteiger partial charge in [-0.05, 0) is 48.0 Å². The second-order valence-electron chi connectivity index (χ2n) is 6.46. The number of nitrogens with one attached hydrogen (secondary N) is 1. The van der Waals surface area contributed by atoms with E-state index in [4.69, 9.17) is 4.74 Å². The van der Waals surface area contributed by atoms with Crippen molar-refractivity contribution in [3.8, 4) is 22.9 Å². The molecule has 3 aromatic rings. The van der Waals surface area contributed by atoms with E-state index in [1.54, 1.807) is 6.07 Å². The standard InChI is InChI=1S/C22H16F2N2O5S/c1-30-20-7-6-14(22(27)31-2)10-21(20)32(28,29)26-19-9-15(12-25)18(24)11-17(19)13-4-3-5-16(23)8-13/h3-11,26H,1-2H3. The van der Waals surface area contributed by atoms with E-state index >= 15 is 0 Å². The molecule has 0 aliphatic rings. The molecule has 0 heterocycles. The van der Waals surface area contributed by atoms with Gasteiger partial charge in [-0.25, -0.2) is 22.0 Å². The van der Waals surface area contributed by atoms with Gasteiger partial charge >= 0.3 is 5.97 Å². The van der Waals surface area contributed by atoms with E-state index in [2.05, 4.69) is 9.46 Å². The van der Waals surface area contributed by atoms with Crippen molar-refractivity contribution in [1.29, 1.82) is 5.26 Å². The third-order valence-corrected chi connectivity index (χ3v) is 5.87. The molecule has 3 rings (SSSR count). The van der Waals surface area contributed by atoms with Gasteiger partial charge in [0.2, 0.25) is 0 Å². The van der Waals surface area contributed by atoms with Crippen LogP contribution in [-0.4, -0.2) is 28.6 Å². The van der Waals surface area contributed by atoms with Gasteiger partial charge in [0.1, 0.15) is 28.3 Å². The molecular formula is C22H16F2N2O5S. The van der Waals surface area contributed by atoms with Crippen molar-refractivity contribution in [2.75, 3.05) is 18.9 Å². The van der Waals surface area contributed by atoms with Crippen molar-refractivity contribution in [2.45, 2.75) is 4.90 Å². The maximum atomic E-state index is 14.3. The van der Waals surface area contributed by atoms with Crippen LogP contribution in [0.25, 0.3) is 11.1 Å². The molecule has 0 saturated carbocycles. The van der Waals surface area contributed by atoms with Gasteiger partial charge in [0, 0.05) is 5.56 Å². The lowest BCUT2D eigenvalue weighted by Gasteiger charge is -2.16. The monoisotopic (exact) mass is 458 g/mol. The van der Waals surface area contributed by atoms with Gasteiger partial charge in [-0.3, -0.25) is 4.72 Å². The number of methoxy groups -OCH3 is 2. The number of carbonyl (C=O) groups excluding carboxylic acids is 1. The minimum absolute atomic E-state index is 0.00710. The third-order valence-electron chi connectivity index (χ3n) is 4.48. The number of anilines is 1. The summed E-state index contributed by atoms with van der Waals surface area (Å²) in [7, 11) is -2.02. The topological polar surface area (TPSA) is 105 Å². The van der Waals surface area contributed by atoms with Crippen molar-refractivity contribution in [3.05, 3.63) is 77.4 Å². The minimum Gasteiger partial charge on any atom is -0.495 e. The molecule has 0 saturated heterocycles. The van der Waals surface area contributed by atoms with E-state index in [9.17, 15) is 27.3 Å². The number of rotatable bonds is 6. The molecule has 0 amide bonds. The molecule has 0 bridgehead atoms. The maximum absolute atomic E-state index is 14.3. The highest BCUT2D eigenvalue weighted by Crippen LogP contribution is 2.34. The quantitative estimate of drug-likeness (QED) is 0.558. The number of hydrogen-bond donors (Lipinski definition) is 1. The molecule has 7 nitrogen and oxygen atoms in total. The number of benzene rings is 3. The van der Waals surface area contributed by atoms with Crippen molar-refractivity contribution < 1.29 is 31.5 Å². The predicted molar refractivity (Wildman–Crippen MR) is 112 cm³/mol. The zero-order chi connectivity index (χ0) is 23.5. The summed E-state index contributed by atoms with van der Waals surface area (Å²) in [6.45, 7) is 0. The summed E-state index contributed by atoms with van der Waals surface area (Å²) < 4.78 is 66.4. The van der Waals surface area contributed by atoms with Gasteiger partial charge < -0.3 is 9.47 Å². The molecule has 164 valence electrons. The summed E-state index contributed by atoms with van der Waals surface area (Å²) in [6.07, 6.45) is 0. The van der Waals surface area contributed by atoms with E-state index in [0.29, 0.717) is 0 Å². The van der Waals surface area contributed by atoms with Crippen LogP contribution in [-0.2, 0) is 14.8 Å². The normalized spacial score (nSPS) is 10.8. The van der Waals surface area contributed by atoms with Crippen LogP contribution in [0.5, 0.6) is 5.75 Å². The zero-order valence-electron chi connectivity index (χ0n) is 16.8. The highest BCUT2D eigenvalue weighted by atomic mass is 32.2. The molecule has 10 heteroatoms. The van der Waals surface area contributed by atoms with Gasteiger partial charge in [0.15, 0.2) is 0 Å². The highest BCUT2D eigenvalue weighted by Gasteiger charge is 2.24. The lowest BCUT2D eigenvalue weighted by atomic mass is 10.0. The van der Waals surface area contributed by atoms with Gasteiger partial charge in [0.25, 0.3) is 10.0 Å². The second-order valence-corrected chi connectivity index (χ2v) is 8.11. The van der Waals surface area contributed by atoms with Crippen LogP contribution in [0, 0.1) is 23.0 Å². The Hall–Kier alpha value is -3.97. The van der Waals surface area contributed by atoms with Crippen LogP contribution in [0.3, 0.4) is 0 Å². The lowest BCUT2D eigenvalue weighted by Crippen LogP contribution is -2.16. The second kappa shape index (κ2) is 9.03. The first-order chi connectivity index (χ1) is 15.2. The number of halogens is 2. The Morgan fingerprint density at radius 1 is 1.06 bits per heavy atom. The first-order valence-corrected chi connectivity index (χ1v) is 10.5. The molecule has 0 aliphatic heterocycles. The average molecular weight is 458 g/mol. The number of carbonyl (C=O) groups is 1. The van der Waals surface area contributed by atoms with Gasteiger partial charge in [0.05, 0.1) is 31.0 Å². The summed E-state index contributed by atoms with van der Waals surface area (Å²) in [5.74, 6) is -2.35. The van der Waals surface area contributed by atoms with Crippen molar-refractivity contribution >= 4 is 21.7 Å². The first kappa shape index (κ1) is 22.7. The third kappa shape index (κ3) is 4.53. The predicted octanol–water partition coefficient (Wildman–Crippen LogP) is 4.10. The van der Waals surface area contributed by atoms with E-state index in [0.717, 1.165) is 31.4 Å². The highest BCUT2D eigenvalue weighted by molar-refractivity contribution is 7.92. The molecule has 0 aliphatic carbocycles. The Morgan fingerprint density at radius 2 is 1.81 bits per heavy atom. The summed E-state index contributed by atoms with van der Waals surface area (Å²) in [4.78, 5) is 11.5. The van der Waals surface area contributed by atoms with Gasteiger partial charge in [-0.15, -0.1) is 0 Å². The Balaban J connectivity index is 2.18. The Bertz CT molecular complexity index is 1350. The number of nitriles is 1. The lowest BCUT2D eigenvalue weighted by molar-refractivity contribution is 0.0600. The number of nitrogens with zero attached hydrogens (tertiary/aromatic N) is 1. The van der Waals surface area contributed by atoms with Crippen molar-refractivity contribution in [3.63, 3.8) is 0 Å². The zero-order valence-corrected chi connectivity index (χ0v) is 17.7. The van der Waals surface area contributed by atoms with Crippen LogP contribution < -0.4 is 9.46 Å².